The van der Waals surface area contributed by atoms with Crippen LogP contribution in [0.3, 0.4) is 0 Å². The van der Waals surface area contributed by atoms with Gasteiger partial charge in [0.15, 0.2) is 0 Å². The topological polar surface area (TPSA) is 101 Å². The van der Waals surface area contributed by atoms with E-state index in [0.29, 0.717) is 24.2 Å². The molecule has 0 aliphatic carbocycles. The van der Waals surface area contributed by atoms with Crippen molar-refractivity contribution in [3.63, 3.8) is 0 Å². The SMILES string of the molecule is CCCCNC(=O)NS(=O)(=O)c1cc(N)ccc1CC. The molecule has 0 bridgehead atoms. The number of unbranched alkanes of at least 4 members (excludes halogenated alkanes) is 1. The zero-order valence-corrected chi connectivity index (χ0v) is 12.6. The number of aryl methyl sites for hydroxylation is 1. The minimum absolute atomic E-state index is 0.0469. The van der Waals surface area contributed by atoms with Gasteiger partial charge in [0, 0.05) is 12.2 Å². The molecule has 112 valence electrons. The number of urea groups is 1. The number of carbonyl (C=O) groups is 1. The molecule has 4 N–H and O–H groups in total. The summed E-state index contributed by atoms with van der Waals surface area (Å²) in [5, 5.41) is 2.50. The molecule has 0 saturated carbocycles. The molecule has 1 rings (SSSR count). The molecule has 0 heterocycles. The Labute approximate surface area is 119 Å². The molecule has 0 spiro atoms. The van der Waals surface area contributed by atoms with Gasteiger partial charge in [0.25, 0.3) is 10.0 Å². The van der Waals surface area contributed by atoms with Gasteiger partial charge in [0.1, 0.15) is 0 Å². The highest BCUT2D eigenvalue weighted by atomic mass is 32.2. The maximum atomic E-state index is 12.2. The summed E-state index contributed by atoms with van der Waals surface area (Å²) in [6.07, 6.45) is 2.25. The van der Waals surface area contributed by atoms with E-state index in [0.717, 1.165) is 12.8 Å². The van der Waals surface area contributed by atoms with E-state index in [4.69, 9.17) is 5.73 Å². The number of nitrogen functional groups attached to an aromatic ring is 1. The standard InChI is InChI=1S/C13H21N3O3S/c1-3-5-8-15-13(17)16-20(18,19)12-9-11(14)7-6-10(12)4-2/h6-7,9H,3-5,8,14H2,1-2H3,(H2,15,16,17). The van der Waals surface area contributed by atoms with Gasteiger partial charge in [0.05, 0.1) is 4.90 Å². The number of nitrogens with two attached hydrogens (primary N) is 1. The van der Waals surface area contributed by atoms with Crippen LogP contribution in [0.5, 0.6) is 0 Å². The lowest BCUT2D eigenvalue weighted by atomic mass is 10.1. The molecule has 1 aromatic carbocycles. The van der Waals surface area contributed by atoms with Crippen molar-refractivity contribution < 1.29 is 13.2 Å². The van der Waals surface area contributed by atoms with Crippen LogP contribution in [-0.2, 0) is 16.4 Å². The number of amides is 2. The molecule has 0 atom stereocenters. The third-order valence-electron chi connectivity index (χ3n) is 2.80. The number of rotatable bonds is 6. The first-order chi connectivity index (χ1) is 9.40. The molecule has 0 radical (unpaired) electrons. The number of benzene rings is 1. The van der Waals surface area contributed by atoms with Gasteiger partial charge < -0.3 is 11.1 Å². The zero-order chi connectivity index (χ0) is 15.2. The van der Waals surface area contributed by atoms with Gasteiger partial charge >= 0.3 is 6.03 Å². The number of anilines is 1. The van der Waals surface area contributed by atoms with Crippen LogP contribution in [0.4, 0.5) is 10.5 Å². The van der Waals surface area contributed by atoms with Gasteiger partial charge in [-0.1, -0.05) is 26.3 Å². The summed E-state index contributed by atoms with van der Waals surface area (Å²) in [5.74, 6) is 0. The second-order valence-electron chi connectivity index (χ2n) is 4.44. The van der Waals surface area contributed by atoms with Crippen LogP contribution in [0.25, 0.3) is 0 Å². The van der Waals surface area contributed by atoms with E-state index in [2.05, 4.69) is 5.32 Å². The average Bonchev–Trinajstić information content (AvgIpc) is 2.38. The van der Waals surface area contributed by atoms with Gasteiger partial charge in [-0.2, -0.15) is 0 Å². The molecule has 0 aliphatic heterocycles. The molecule has 0 aliphatic rings. The van der Waals surface area contributed by atoms with Crippen molar-refractivity contribution in [2.75, 3.05) is 12.3 Å². The highest BCUT2D eigenvalue weighted by Gasteiger charge is 2.20. The third-order valence-corrected chi connectivity index (χ3v) is 4.22. The lowest BCUT2D eigenvalue weighted by Gasteiger charge is -2.12. The molecule has 2 amide bonds. The van der Waals surface area contributed by atoms with Crippen LogP contribution >= 0.6 is 0 Å². The van der Waals surface area contributed by atoms with Crippen molar-refractivity contribution in [1.82, 2.24) is 10.0 Å². The van der Waals surface area contributed by atoms with Crippen LogP contribution in [0.2, 0.25) is 0 Å². The summed E-state index contributed by atoms with van der Waals surface area (Å²) in [5.41, 5.74) is 6.58. The Kier molecular flexibility index (Phi) is 5.82. The summed E-state index contributed by atoms with van der Waals surface area (Å²) in [6, 6.07) is 3.93. The maximum Gasteiger partial charge on any atom is 0.328 e. The molecular weight excluding hydrogens is 278 g/mol. The van der Waals surface area contributed by atoms with E-state index in [-0.39, 0.29) is 4.90 Å². The number of sulfonamides is 1. The number of carbonyl (C=O) groups excluding carboxylic acids is 1. The van der Waals surface area contributed by atoms with Crippen molar-refractivity contribution in [3.8, 4) is 0 Å². The van der Waals surface area contributed by atoms with E-state index in [9.17, 15) is 13.2 Å². The van der Waals surface area contributed by atoms with E-state index < -0.39 is 16.1 Å². The summed E-state index contributed by atoms with van der Waals surface area (Å²) in [7, 11) is -3.90. The molecule has 0 unspecified atom stereocenters. The summed E-state index contributed by atoms with van der Waals surface area (Å²) in [4.78, 5) is 11.6. The average molecular weight is 299 g/mol. The predicted octanol–water partition coefficient (Wildman–Crippen LogP) is 1.62. The van der Waals surface area contributed by atoms with Crippen molar-refractivity contribution in [2.24, 2.45) is 0 Å². The van der Waals surface area contributed by atoms with Crippen molar-refractivity contribution in [2.45, 2.75) is 38.0 Å². The Morgan fingerprint density at radius 1 is 1.30 bits per heavy atom. The highest BCUT2D eigenvalue weighted by molar-refractivity contribution is 7.90. The highest BCUT2D eigenvalue weighted by Crippen LogP contribution is 2.19. The first kappa shape index (κ1) is 16.3. The second-order valence-corrected chi connectivity index (χ2v) is 6.09. The molecule has 0 fully saturated rings. The fourth-order valence-corrected chi connectivity index (χ4v) is 2.98. The van der Waals surface area contributed by atoms with E-state index >= 15 is 0 Å². The van der Waals surface area contributed by atoms with E-state index in [1.807, 2.05) is 18.6 Å². The smallest absolute Gasteiger partial charge is 0.328 e. The fraction of sp³-hybridized carbons (Fsp3) is 0.462. The quantitative estimate of drug-likeness (QED) is 0.548. The molecular formula is C13H21N3O3S. The Balaban J connectivity index is 2.88. The first-order valence-electron chi connectivity index (χ1n) is 6.59. The van der Waals surface area contributed by atoms with Gasteiger partial charge in [-0.05, 0) is 30.5 Å². The first-order valence-corrected chi connectivity index (χ1v) is 8.08. The van der Waals surface area contributed by atoms with E-state index in [1.54, 1.807) is 12.1 Å². The van der Waals surface area contributed by atoms with Crippen LogP contribution in [0.1, 0.15) is 32.3 Å². The van der Waals surface area contributed by atoms with Crippen LogP contribution in [0.15, 0.2) is 23.1 Å². The lowest BCUT2D eigenvalue weighted by Crippen LogP contribution is -2.40. The van der Waals surface area contributed by atoms with Crippen molar-refractivity contribution in [1.29, 1.82) is 0 Å². The molecule has 7 heteroatoms. The largest absolute Gasteiger partial charge is 0.399 e. The Hall–Kier alpha value is -1.76. The lowest BCUT2D eigenvalue weighted by molar-refractivity contribution is 0.245. The summed E-state index contributed by atoms with van der Waals surface area (Å²) >= 11 is 0. The van der Waals surface area contributed by atoms with Crippen molar-refractivity contribution >= 4 is 21.7 Å². The van der Waals surface area contributed by atoms with Crippen LogP contribution in [0, 0.1) is 0 Å². The molecule has 0 saturated heterocycles. The normalized spacial score (nSPS) is 11.1. The van der Waals surface area contributed by atoms with Gasteiger partial charge in [-0.15, -0.1) is 0 Å². The Bertz CT molecular complexity index is 570. The summed E-state index contributed by atoms with van der Waals surface area (Å²) < 4.78 is 26.4. The Morgan fingerprint density at radius 3 is 2.60 bits per heavy atom. The van der Waals surface area contributed by atoms with E-state index in [1.165, 1.54) is 6.07 Å². The van der Waals surface area contributed by atoms with Gasteiger partial charge in [0.2, 0.25) is 0 Å². The van der Waals surface area contributed by atoms with Gasteiger partial charge in [-0.25, -0.2) is 17.9 Å². The zero-order valence-electron chi connectivity index (χ0n) is 11.8. The second kappa shape index (κ2) is 7.14. The number of nitrogens with one attached hydrogen (secondary N) is 2. The van der Waals surface area contributed by atoms with Crippen molar-refractivity contribution in [3.05, 3.63) is 23.8 Å². The monoisotopic (exact) mass is 299 g/mol. The minimum Gasteiger partial charge on any atom is -0.399 e. The molecule has 6 nitrogen and oxygen atoms in total. The maximum absolute atomic E-state index is 12.2. The molecule has 20 heavy (non-hydrogen) atoms. The number of hydrogen-bond donors (Lipinski definition) is 3. The summed E-state index contributed by atoms with van der Waals surface area (Å²) in [6.45, 7) is 4.26. The molecule has 0 aromatic heterocycles. The van der Waals surface area contributed by atoms with Crippen LogP contribution < -0.4 is 15.8 Å². The fourth-order valence-electron chi connectivity index (χ4n) is 1.71. The third kappa shape index (κ3) is 4.41. The number of hydrogen-bond acceptors (Lipinski definition) is 4. The van der Waals surface area contributed by atoms with Gasteiger partial charge in [-0.3, -0.25) is 0 Å². The minimum atomic E-state index is -3.90. The van der Waals surface area contributed by atoms with Crippen LogP contribution in [-0.4, -0.2) is 21.0 Å². The Morgan fingerprint density at radius 2 is 2.00 bits per heavy atom. The molecule has 1 aromatic rings. The predicted molar refractivity (Wildman–Crippen MR) is 78.9 cm³/mol.